The first-order valence-electron chi connectivity index (χ1n) is 6.66. The Bertz CT molecular complexity index is 492. The predicted molar refractivity (Wildman–Crippen MR) is 69.5 cm³/mol. The van der Waals surface area contributed by atoms with Crippen LogP contribution >= 0.6 is 0 Å². The van der Waals surface area contributed by atoms with Crippen molar-refractivity contribution in [3.8, 4) is 0 Å². The molecule has 2 fully saturated rings. The van der Waals surface area contributed by atoms with E-state index in [-0.39, 0.29) is 5.69 Å². The van der Waals surface area contributed by atoms with Gasteiger partial charge >= 0.3 is 5.97 Å². The molecule has 7 nitrogen and oxygen atoms in total. The van der Waals surface area contributed by atoms with Crippen LogP contribution in [0.15, 0.2) is 12.4 Å². The van der Waals surface area contributed by atoms with E-state index in [0.29, 0.717) is 19.0 Å². The Morgan fingerprint density at radius 2 is 2.00 bits per heavy atom. The molecule has 3 rings (SSSR count). The van der Waals surface area contributed by atoms with Crippen LogP contribution in [0.2, 0.25) is 0 Å². The van der Waals surface area contributed by atoms with Crippen LogP contribution in [-0.4, -0.2) is 55.1 Å². The van der Waals surface area contributed by atoms with Crippen LogP contribution in [0, 0.1) is 0 Å². The van der Waals surface area contributed by atoms with E-state index in [1.807, 2.05) is 0 Å². The molecule has 20 heavy (non-hydrogen) atoms. The molecule has 0 saturated carbocycles. The molecule has 108 valence electrons. The van der Waals surface area contributed by atoms with Crippen molar-refractivity contribution in [2.75, 3.05) is 38.3 Å². The van der Waals surface area contributed by atoms with E-state index in [4.69, 9.17) is 9.47 Å². The number of hydrogen-bond acceptors (Lipinski definition) is 7. The van der Waals surface area contributed by atoms with Crippen molar-refractivity contribution < 1.29 is 19.0 Å². The first-order chi connectivity index (χ1) is 9.72. The maximum Gasteiger partial charge on any atom is 0.358 e. The molecule has 1 aromatic rings. The fraction of sp³-hybridized carbons (Fsp3) is 0.615. The first kappa shape index (κ1) is 13.3. The maximum absolute atomic E-state index is 11.5. The van der Waals surface area contributed by atoms with E-state index >= 15 is 0 Å². The van der Waals surface area contributed by atoms with Crippen molar-refractivity contribution in [3.05, 3.63) is 18.1 Å². The number of ether oxygens (including phenoxy) is 3. The summed E-state index contributed by atoms with van der Waals surface area (Å²) in [6.07, 6.45) is 4.64. The van der Waals surface area contributed by atoms with Gasteiger partial charge in [0.2, 0.25) is 0 Å². The normalized spacial score (nSPS) is 21.1. The minimum Gasteiger partial charge on any atom is -0.464 e. The Balaban J connectivity index is 1.70. The van der Waals surface area contributed by atoms with Crippen molar-refractivity contribution in [1.82, 2.24) is 9.97 Å². The molecule has 0 amide bonds. The van der Waals surface area contributed by atoms with Crippen molar-refractivity contribution in [2.45, 2.75) is 18.6 Å². The zero-order valence-corrected chi connectivity index (χ0v) is 11.4. The van der Waals surface area contributed by atoms with Crippen LogP contribution in [0.1, 0.15) is 23.3 Å². The van der Waals surface area contributed by atoms with Gasteiger partial charge in [-0.2, -0.15) is 0 Å². The molecule has 0 bridgehead atoms. The van der Waals surface area contributed by atoms with Gasteiger partial charge in [-0.3, -0.25) is 4.98 Å². The van der Waals surface area contributed by atoms with Gasteiger partial charge in [-0.1, -0.05) is 0 Å². The van der Waals surface area contributed by atoms with Crippen molar-refractivity contribution >= 4 is 11.8 Å². The molecule has 0 aromatic carbocycles. The maximum atomic E-state index is 11.5. The van der Waals surface area contributed by atoms with Crippen LogP contribution in [0.4, 0.5) is 5.82 Å². The molecule has 1 aromatic heterocycles. The van der Waals surface area contributed by atoms with E-state index in [1.54, 1.807) is 6.20 Å². The Morgan fingerprint density at radius 1 is 1.30 bits per heavy atom. The molecule has 2 aliphatic rings. The number of anilines is 1. The Kier molecular flexibility index (Phi) is 3.54. The number of nitrogens with zero attached hydrogens (tertiary/aromatic N) is 3. The first-order valence-corrected chi connectivity index (χ1v) is 6.66. The highest BCUT2D eigenvalue weighted by Gasteiger charge is 2.40. The highest BCUT2D eigenvalue weighted by atomic mass is 16.7. The van der Waals surface area contributed by atoms with E-state index < -0.39 is 11.8 Å². The van der Waals surface area contributed by atoms with Crippen LogP contribution in [0.3, 0.4) is 0 Å². The monoisotopic (exact) mass is 279 g/mol. The molecule has 2 aliphatic heterocycles. The summed E-state index contributed by atoms with van der Waals surface area (Å²) in [6.45, 7) is 2.86. The molecule has 0 aliphatic carbocycles. The van der Waals surface area contributed by atoms with Crippen LogP contribution < -0.4 is 4.90 Å². The molecule has 0 radical (unpaired) electrons. The summed E-state index contributed by atoms with van der Waals surface area (Å²) in [6, 6.07) is 0. The fourth-order valence-corrected chi connectivity index (χ4v) is 2.57. The molecule has 7 heteroatoms. The van der Waals surface area contributed by atoms with Crippen molar-refractivity contribution in [2.24, 2.45) is 0 Å². The second kappa shape index (κ2) is 5.34. The second-order valence-corrected chi connectivity index (χ2v) is 4.85. The lowest BCUT2D eigenvalue weighted by molar-refractivity contribution is -0.169. The summed E-state index contributed by atoms with van der Waals surface area (Å²) in [5.74, 6) is -0.208. The number of carbonyl (C=O) groups is 1. The number of methoxy groups -OCH3 is 1. The lowest BCUT2D eigenvalue weighted by atomic mass is 10.0. The SMILES string of the molecule is COC(=O)c1cncc(N2CCC3(CC2)OCCO3)n1. The lowest BCUT2D eigenvalue weighted by Crippen LogP contribution is -2.45. The van der Waals surface area contributed by atoms with Gasteiger partial charge in [0.15, 0.2) is 11.5 Å². The third-order valence-electron chi connectivity index (χ3n) is 3.68. The van der Waals surface area contributed by atoms with Gasteiger partial charge in [0.25, 0.3) is 0 Å². The quantitative estimate of drug-likeness (QED) is 0.734. The number of piperidine rings is 1. The topological polar surface area (TPSA) is 73.8 Å². The smallest absolute Gasteiger partial charge is 0.358 e. The highest BCUT2D eigenvalue weighted by Crippen LogP contribution is 2.32. The Morgan fingerprint density at radius 3 is 2.65 bits per heavy atom. The summed E-state index contributed by atoms with van der Waals surface area (Å²) in [7, 11) is 1.33. The minimum atomic E-state index is -0.477. The number of carbonyl (C=O) groups excluding carboxylic acids is 1. The molecule has 2 saturated heterocycles. The van der Waals surface area contributed by atoms with Gasteiger partial charge in [-0.25, -0.2) is 9.78 Å². The molecule has 0 unspecified atom stereocenters. The fourth-order valence-electron chi connectivity index (χ4n) is 2.57. The highest BCUT2D eigenvalue weighted by molar-refractivity contribution is 5.87. The number of hydrogen-bond donors (Lipinski definition) is 0. The third kappa shape index (κ3) is 2.46. The van der Waals surface area contributed by atoms with E-state index in [1.165, 1.54) is 13.3 Å². The summed E-state index contributed by atoms with van der Waals surface area (Å²) in [5, 5.41) is 0. The summed E-state index contributed by atoms with van der Waals surface area (Å²) < 4.78 is 16.0. The van der Waals surface area contributed by atoms with E-state index in [9.17, 15) is 4.79 Å². The van der Waals surface area contributed by atoms with E-state index in [0.717, 1.165) is 25.9 Å². The molecule has 0 atom stereocenters. The number of aromatic nitrogens is 2. The zero-order chi connectivity index (χ0) is 14.0. The summed E-state index contributed by atoms with van der Waals surface area (Å²) >= 11 is 0. The summed E-state index contributed by atoms with van der Waals surface area (Å²) in [5.41, 5.74) is 0.221. The molecular formula is C13H17N3O4. The standard InChI is InChI=1S/C13H17N3O4/c1-18-12(17)10-8-14-9-11(15-10)16-4-2-13(3-5-16)19-6-7-20-13/h8-9H,2-7H2,1H3. The van der Waals surface area contributed by atoms with Crippen LogP contribution in [-0.2, 0) is 14.2 Å². The number of rotatable bonds is 2. The van der Waals surface area contributed by atoms with Gasteiger partial charge in [0.05, 0.1) is 32.7 Å². The predicted octanol–water partition coefficient (Wildman–Crippen LogP) is 0.606. The zero-order valence-electron chi connectivity index (χ0n) is 11.4. The number of esters is 1. The van der Waals surface area contributed by atoms with Crippen molar-refractivity contribution in [3.63, 3.8) is 0 Å². The van der Waals surface area contributed by atoms with Gasteiger partial charge in [0.1, 0.15) is 5.82 Å². The minimum absolute atomic E-state index is 0.221. The lowest BCUT2D eigenvalue weighted by Gasteiger charge is -2.37. The van der Waals surface area contributed by atoms with Gasteiger partial charge in [0, 0.05) is 25.9 Å². The average Bonchev–Trinajstić information content (AvgIpc) is 2.95. The Hall–Kier alpha value is -1.73. The van der Waals surface area contributed by atoms with Gasteiger partial charge in [-0.05, 0) is 0 Å². The second-order valence-electron chi connectivity index (χ2n) is 4.85. The largest absolute Gasteiger partial charge is 0.464 e. The van der Waals surface area contributed by atoms with Crippen molar-refractivity contribution in [1.29, 1.82) is 0 Å². The average molecular weight is 279 g/mol. The Labute approximate surface area is 116 Å². The van der Waals surface area contributed by atoms with E-state index in [2.05, 4.69) is 19.6 Å². The summed E-state index contributed by atoms with van der Waals surface area (Å²) in [4.78, 5) is 21.9. The molecule has 3 heterocycles. The molecule has 0 N–H and O–H groups in total. The van der Waals surface area contributed by atoms with Crippen LogP contribution in [0.5, 0.6) is 0 Å². The van der Waals surface area contributed by atoms with Gasteiger partial charge in [-0.15, -0.1) is 0 Å². The molecular weight excluding hydrogens is 262 g/mol. The molecule has 1 spiro atoms. The van der Waals surface area contributed by atoms with Crippen LogP contribution in [0.25, 0.3) is 0 Å². The van der Waals surface area contributed by atoms with Gasteiger partial charge < -0.3 is 19.1 Å². The third-order valence-corrected chi connectivity index (χ3v) is 3.68.